The van der Waals surface area contributed by atoms with Crippen LogP contribution in [-0.4, -0.2) is 34.0 Å². The zero-order valence-electron chi connectivity index (χ0n) is 16.9. The predicted octanol–water partition coefficient (Wildman–Crippen LogP) is 5.22. The van der Waals surface area contributed by atoms with Gasteiger partial charge in [0.2, 0.25) is 11.7 Å². The summed E-state index contributed by atoms with van der Waals surface area (Å²) in [5.74, 6) is 1.58. The summed E-state index contributed by atoms with van der Waals surface area (Å²) in [4.78, 5) is 19.7. The molecule has 0 unspecified atom stereocenters. The highest BCUT2D eigenvalue weighted by Gasteiger charge is 2.28. The molecule has 1 aliphatic rings. The van der Waals surface area contributed by atoms with Gasteiger partial charge < -0.3 is 9.42 Å². The Morgan fingerprint density at radius 1 is 0.967 bits per heavy atom. The number of likely N-dealkylation sites (tertiary alicyclic amines) is 1. The second-order valence-electron chi connectivity index (χ2n) is 7.92. The van der Waals surface area contributed by atoms with Gasteiger partial charge in [-0.3, -0.25) is 4.79 Å². The molecule has 0 saturated carbocycles. The van der Waals surface area contributed by atoms with Crippen LogP contribution < -0.4 is 0 Å². The summed E-state index contributed by atoms with van der Waals surface area (Å²) in [7, 11) is 0. The van der Waals surface area contributed by atoms with Crippen LogP contribution in [-0.2, 0) is 0 Å². The molecule has 0 N–H and O–H groups in total. The van der Waals surface area contributed by atoms with Crippen LogP contribution in [0.15, 0.2) is 71.3 Å². The van der Waals surface area contributed by atoms with E-state index in [0.29, 0.717) is 24.8 Å². The molecular weight excluding hydrogens is 374 g/mol. The van der Waals surface area contributed by atoms with Crippen LogP contribution in [0.4, 0.5) is 0 Å². The Balaban J connectivity index is 1.28. The number of hydrogen-bond donors (Lipinski definition) is 0. The number of nitrogens with zero attached hydrogens (tertiary/aromatic N) is 3. The zero-order chi connectivity index (χ0) is 20.5. The molecule has 0 radical (unpaired) electrons. The van der Waals surface area contributed by atoms with Gasteiger partial charge in [-0.05, 0) is 36.6 Å². The van der Waals surface area contributed by atoms with Crippen molar-refractivity contribution in [1.29, 1.82) is 0 Å². The first kappa shape index (κ1) is 18.6. The number of aryl methyl sites for hydroxylation is 1. The van der Waals surface area contributed by atoms with Crippen LogP contribution in [0.3, 0.4) is 0 Å². The zero-order valence-corrected chi connectivity index (χ0v) is 16.9. The number of hydrogen-bond acceptors (Lipinski definition) is 4. The maximum atomic E-state index is 13.1. The number of carbonyl (C=O) groups excluding carboxylic acids is 1. The quantitative estimate of drug-likeness (QED) is 0.476. The number of benzene rings is 3. The largest absolute Gasteiger partial charge is 0.339 e. The molecule has 150 valence electrons. The topological polar surface area (TPSA) is 59.2 Å². The van der Waals surface area contributed by atoms with Crippen LogP contribution in [0.25, 0.3) is 22.2 Å². The first-order valence-electron chi connectivity index (χ1n) is 10.4. The van der Waals surface area contributed by atoms with E-state index in [-0.39, 0.29) is 11.8 Å². The lowest BCUT2D eigenvalue weighted by atomic mass is 9.95. The lowest BCUT2D eigenvalue weighted by Crippen LogP contribution is -2.38. The van der Waals surface area contributed by atoms with E-state index in [4.69, 9.17) is 4.52 Å². The van der Waals surface area contributed by atoms with Crippen LogP contribution >= 0.6 is 0 Å². The van der Waals surface area contributed by atoms with Crippen molar-refractivity contribution in [2.45, 2.75) is 25.7 Å². The Morgan fingerprint density at radius 2 is 1.70 bits per heavy atom. The summed E-state index contributed by atoms with van der Waals surface area (Å²) in [6.07, 6.45) is 1.65. The molecule has 1 fully saturated rings. The molecular formula is C25H23N3O2. The molecule has 3 aromatic carbocycles. The summed E-state index contributed by atoms with van der Waals surface area (Å²) in [6.45, 7) is 3.43. The third-order valence-electron chi connectivity index (χ3n) is 5.90. The van der Waals surface area contributed by atoms with Gasteiger partial charge in [-0.1, -0.05) is 71.4 Å². The van der Waals surface area contributed by atoms with E-state index < -0.39 is 0 Å². The van der Waals surface area contributed by atoms with E-state index in [2.05, 4.69) is 17.1 Å². The third-order valence-corrected chi connectivity index (χ3v) is 5.90. The average molecular weight is 397 g/mol. The number of piperidine rings is 1. The molecule has 0 atom stereocenters. The van der Waals surface area contributed by atoms with Gasteiger partial charge >= 0.3 is 0 Å². The molecule has 5 rings (SSSR count). The number of fused-ring (bicyclic) bond motifs is 1. The second-order valence-corrected chi connectivity index (χ2v) is 7.92. The Bertz CT molecular complexity index is 1180. The Morgan fingerprint density at radius 3 is 2.50 bits per heavy atom. The van der Waals surface area contributed by atoms with Crippen molar-refractivity contribution in [3.8, 4) is 11.4 Å². The lowest BCUT2D eigenvalue weighted by Gasteiger charge is -2.30. The lowest BCUT2D eigenvalue weighted by molar-refractivity contribution is 0.0706. The summed E-state index contributed by atoms with van der Waals surface area (Å²) < 4.78 is 5.56. The third kappa shape index (κ3) is 3.47. The van der Waals surface area contributed by atoms with Gasteiger partial charge in [0.25, 0.3) is 5.91 Å². The van der Waals surface area contributed by atoms with E-state index in [1.165, 1.54) is 5.56 Å². The van der Waals surface area contributed by atoms with Crippen molar-refractivity contribution in [2.24, 2.45) is 0 Å². The average Bonchev–Trinajstić information content (AvgIpc) is 3.29. The van der Waals surface area contributed by atoms with Gasteiger partial charge in [0.05, 0.1) is 0 Å². The first-order chi connectivity index (χ1) is 14.7. The van der Waals surface area contributed by atoms with Gasteiger partial charge in [0, 0.05) is 30.1 Å². The van der Waals surface area contributed by atoms with Crippen LogP contribution in [0.2, 0.25) is 0 Å². The SMILES string of the molecule is Cc1ccc(-c2noc(C3CCN(C(=O)c4cccc5ccccc45)CC3)n2)cc1. The summed E-state index contributed by atoms with van der Waals surface area (Å²) in [5.41, 5.74) is 2.93. The molecule has 1 aromatic heterocycles. The summed E-state index contributed by atoms with van der Waals surface area (Å²) in [6, 6.07) is 22.1. The molecule has 5 nitrogen and oxygen atoms in total. The van der Waals surface area contributed by atoms with Crippen molar-refractivity contribution in [1.82, 2.24) is 15.0 Å². The van der Waals surface area contributed by atoms with Crippen molar-refractivity contribution in [3.63, 3.8) is 0 Å². The maximum Gasteiger partial charge on any atom is 0.254 e. The van der Waals surface area contributed by atoms with Gasteiger partial charge in [-0.25, -0.2) is 0 Å². The van der Waals surface area contributed by atoms with Gasteiger partial charge in [0.1, 0.15) is 0 Å². The minimum absolute atomic E-state index is 0.0936. The fourth-order valence-corrected chi connectivity index (χ4v) is 4.13. The standard InChI is InChI=1S/C25H23N3O2/c1-17-9-11-19(12-10-17)23-26-24(30-27-23)20-13-15-28(16-14-20)25(29)22-8-4-6-18-5-2-3-7-21(18)22/h2-12,20H,13-16H2,1H3. The summed E-state index contributed by atoms with van der Waals surface area (Å²) in [5, 5.41) is 6.26. The van der Waals surface area contributed by atoms with Gasteiger partial charge in [-0.2, -0.15) is 4.98 Å². The molecule has 0 spiro atoms. The minimum atomic E-state index is 0.0936. The molecule has 5 heteroatoms. The summed E-state index contributed by atoms with van der Waals surface area (Å²) >= 11 is 0. The number of aromatic nitrogens is 2. The van der Waals surface area contributed by atoms with Crippen LogP contribution in [0.1, 0.15) is 40.6 Å². The molecule has 1 saturated heterocycles. The minimum Gasteiger partial charge on any atom is -0.339 e. The second kappa shape index (κ2) is 7.75. The predicted molar refractivity (Wildman–Crippen MR) is 116 cm³/mol. The van der Waals surface area contributed by atoms with Crippen LogP contribution in [0, 0.1) is 6.92 Å². The molecule has 1 aliphatic heterocycles. The fraction of sp³-hybridized carbons (Fsp3) is 0.240. The number of rotatable bonds is 3. The smallest absolute Gasteiger partial charge is 0.254 e. The van der Waals surface area contributed by atoms with E-state index in [1.54, 1.807) is 0 Å². The number of carbonyl (C=O) groups is 1. The number of amides is 1. The first-order valence-corrected chi connectivity index (χ1v) is 10.4. The van der Waals surface area contributed by atoms with Crippen LogP contribution in [0.5, 0.6) is 0 Å². The van der Waals surface area contributed by atoms with Crippen molar-refractivity contribution < 1.29 is 9.32 Å². The van der Waals surface area contributed by atoms with E-state index in [1.807, 2.05) is 71.6 Å². The normalized spacial score (nSPS) is 14.9. The van der Waals surface area contributed by atoms with Gasteiger partial charge in [-0.15, -0.1) is 0 Å². The molecule has 30 heavy (non-hydrogen) atoms. The van der Waals surface area contributed by atoms with Crippen molar-refractivity contribution in [2.75, 3.05) is 13.1 Å². The molecule has 2 heterocycles. The Kier molecular flexibility index (Phi) is 4.79. The monoisotopic (exact) mass is 397 g/mol. The molecule has 0 bridgehead atoms. The highest BCUT2D eigenvalue weighted by atomic mass is 16.5. The highest BCUT2D eigenvalue weighted by Crippen LogP contribution is 2.30. The van der Waals surface area contributed by atoms with E-state index >= 15 is 0 Å². The highest BCUT2D eigenvalue weighted by molar-refractivity contribution is 6.07. The molecule has 4 aromatic rings. The molecule has 0 aliphatic carbocycles. The Hall–Kier alpha value is -3.47. The maximum absolute atomic E-state index is 13.1. The fourth-order valence-electron chi connectivity index (χ4n) is 4.13. The Labute approximate surface area is 175 Å². The molecule has 1 amide bonds. The van der Waals surface area contributed by atoms with E-state index in [0.717, 1.165) is 34.7 Å². The van der Waals surface area contributed by atoms with Gasteiger partial charge in [0.15, 0.2) is 0 Å². The van der Waals surface area contributed by atoms with Crippen molar-refractivity contribution in [3.05, 3.63) is 83.7 Å². The van der Waals surface area contributed by atoms with E-state index in [9.17, 15) is 4.79 Å². The van der Waals surface area contributed by atoms with Crippen molar-refractivity contribution >= 4 is 16.7 Å².